The van der Waals surface area contributed by atoms with E-state index in [9.17, 15) is 22.8 Å². The van der Waals surface area contributed by atoms with Gasteiger partial charge in [-0.1, -0.05) is 6.92 Å². The Kier molecular flexibility index (Phi) is 8.92. The summed E-state index contributed by atoms with van der Waals surface area (Å²) in [4.78, 5) is 39.6. The Balaban J connectivity index is 1.22. The number of carbonyl (C=O) groups excluding carboxylic acids is 3. The van der Waals surface area contributed by atoms with Crippen molar-refractivity contribution in [3.05, 3.63) is 64.0 Å². The van der Waals surface area contributed by atoms with Gasteiger partial charge in [-0.2, -0.15) is 0 Å². The van der Waals surface area contributed by atoms with Gasteiger partial charge in [0.2, 0.25) is 0 Å². The van der Waals surface area contributed by atoms with Crippen LogP contribution in [0.4, 0.5) is 10.7 Å². The molecule has 1 aromatic heterocycles. The molecule has 0 spiro atoms. The van der Waals surface area contributed by atoms with E-state index in [4.69, 9.17) is 18.9 Å². The van der Waals surface area contributed by atoms with Gasteiger partial charge < -0.3 is 24.3 Å². The minimum atomic E-state index is -3.94. The van der Waals surface area contributed by atoms with Gasteiger partial charge in [0, 0.05) is 16.6 Å². The number of hydrogen-bond donors (Lipinski definition) is 2. The van der Waals surface area contributed by atoms with Gasteiger partial charge in [0.1, 0.15) is 18.2 Å². The molecule has 43 heavy (non-hydrogen) atoms. The van der Waals surface area contributed by atoms with Gasteiger partial charge in [0.15, 0.2) is 17.6 Å². The Hall–Kier alpha value is -4.10. The highest BCUT2D eigenvalue weighted by Crippen LogP contribution is 2.40. The smallest absolute Gasteiger partial charge is 0.341 e. The SMILES string of the molecule is CCOC(=O)c1c(NC(=O)[C@H](C)OC(=O)c2ccc(NS(=O)(=O)c3ccc4c(c3)OCCO4)cc2)sc2c1CC[C@@H](C)C2. The fourth-order valence-electron chi connectivity index (χ4n) is 4.83. The third-order valence-corrected chi connectivity index (χ3v) is 9.63. The van der Waals surface area contributed by atoms with Crippen LogP contribution < -0.4 is 19.5 Å². The van der Waals surface area contributed by atoms with Crippen molar-refractivity contribution in [1.29, 1.82) is 0 Å². The highest BCUT2D eigenvalue weighted by Gasteiger charge is 2.30. The third kappa shape index (κ3) is 6.78. The molecule has 0 saturated carbocycles. The quantitative estimate of drug-likeness (QED) is 0.319. The summed E-state index contributed by atoms with van der Waals surface area (Å²) >= 11 is 1.35. The summed E-state index contributed by atoms with van der Waals surface area (Å²) in [6, 6.07) is 9.94. The number of ether oxygens (including phenoxy) is 4. The first-order valence-electron chi connectivity index (χ1n) is 13.9. The topological polar surface area (TPSA) is 146 Å². The molecule has 0 unspecified atom stereocenters. The number of esters is 2. The number of fused-ring (bicyclic) bond motifs is 2. The molecule has 2 atom stereocenters. The lowest BCUT2D eigenvalue weighted by atomic mass is 9.88. The molecule has 1 aliphatic heterocycles. The summed E-state index contributed by atoms with van der Waals surface area (Å²) in [6.45, 7) is 6.23. The van der Waals surface area contributed by atoms with Gasteiger partial charge >= 0.3 is 11.9 Å². The van der Waals surface area contributed by atoms with Crippen molar-refractivity contribution in [2.75, 3.05) is 29.9 Å². The molecule has 13 heteroatoms. The van der Waals surface area contributed by atoms with Crippen molar-refractivity contribution in [2.24, 2.45) is 5.92 Å². The van der Waals surface area contributed by atoms with E-state index in [1.165, 1.54) is 60.7 Å². The van der Waals surface area contributed by atoms with Crippen LogP contribution in [0, 0.1) is 5.92 Å². The number of nitrogens with one attached hydrogen (secondary N) is 2. The number of sulfonamides is 1. The first-order chi connectivity index (χ1) is 20.6. The predicted molar refractivity (Wildman–Crippen MR) is 160 cm³/mol. The molecule has 0 bridgehead atoms. The highest BCUT2D eigenvalue weighted by atomic mass is 32.2. The number of benzene rings is 2. The van der Waals surface area contributed by atoms with Crippen LogP contribution in [0.2, 0.25) is 0 Å². The average molecular weight is 629 g/mol. The normalized spacial score (nSPS) is 16.4. The number of amides is 1. The van der Waals surface area contributed by atoms with Crippen LogP contribution in [0.5, 0.6) is 11.5 Å². The molecular weight excluding hydrogens is 596 g/mol. The molecule has 0 fully saturated rings. The van der Waals surface area contributed by atoms with E-state index >= 15 is 0 Å². The minimum Gasteiger partial charge on any atom is -0.486 e. The van der Waals surface area contributed by atoms with Crippen molar-refractivity contribution in [3.63, 3.8) is 0 Å². The first kappa shape index (κ1) is 30.4. The second-order valence-electron chi connectivity index (χ2n) is 10.3. The predicted octanol–water partition coefficient (Wildman–Crippen LogP) is 4.81. The van der Waals surface area contributed by atoms with Gasteiger partial charge in [0.25, 0.3) is 15.9 Å². The second kappa shape index (κ2) is 12.6. The first-order valence-corrected chi connectivity index (χ1v) is 16.2. The number of rotatable bonds is 9. The summed E-state index contributed by atoms with van der Waals surface area (Å²) in [5, 5.41) is 3.14. The maximum absolute atomic E-state index is 13.0. The third-order valence-electron chi connectivity index (χ3n) is 7.08. The lowest BCUT2D eigenvalue weighted by Gasteiger charge is -2.19. The molecule has 0 radical (unpaired) electrons. The number of anilines is 2. The molecule has 2 aliphatic rings. The summed E-state index contributed by atoms with van der Waals surface area (Å²) in [7, 11) is -3.94. The van der Waals surface area contributed by atoms with Crippen LogP contribution >= 0.6 is 11.3 Å². The van der Waals surface area contributed by atoms with Crippen LogP contribution in [-0.4, -0.2) is 52.2 Å². The Labute approximate surface area is 253 Å². The van der Waals surface area contributed by atoms with E-state index < -0.39 is 34.0 Å². The van der Waals surface area contributed by atoms with E-state index in [2.05, 4.69) is 17.0 Å². The van der Waals surface area contributed by atoms with Gasteiger partial charge in [-0.15, -0.1) is 11.3 Å². The van der Waals surface area contributed by atoms with Crippen molar-refractivity contribution in [1.82, 2.24) is 0 Å². The molecule has 1 amide bonds. The maximum Gasteiger partial charge on any atom is 0.341 e. The van der Waals surface area contributed by atoms with Crippen molar-refractivity contribution in [2.45, 2.75) is 51.0 Å². The number of carbonyl (C=O) groups is 3. The van der Waals surface area contributed by atoms with Crippen molar-refractivity contribution >= 4 is 49.9 Å². The largest absolute Gasteiger partial charge is 0.486 e. The molecule has 228 valence electrons. The van der Waals surface area contributed by atoms with Gasteiger partial charge in [-0.05, 0) is 81.0 Å². The Bertz CT molecular complexity index is 1650. The fourth-order valence-corrected chi connectivity index (χ4v) is 7.31. The van der Waals surface area contributed by atoms with Crippen LogP contribution in [0.3, 0.4) is 0 Å². The standard InChI is InChI=1S/C30H32N2O9S2/c1-4-38-30(35)26-22-11-5-17(2)15-25(22)42-28(26)31-27(33)18(3)41-29(34)19-6-8-20(9-7-19)32-43(36,37)21-10-12-23-24(16-21)40-14-13-39-23/h6-10,12,16-18,32H,4-5,11,13-15H2,1-3H3,(H,31,33)/t17-,18+/m1/s1. The van der Waals surface area contributed by atoms with Gasteiger partial charge in [-0.25, -0.2) is 18.0 Å². The van der Waals surface area contributed by atoms with Crippen LogP contribution in [-0.2, 0) is 37.1 Å². The molecule has 2 heterocycles. The molecule has 5 rings (SSSR count). The zero-order valence-corrected chi connectivity index (χ0v) is 25.6. The summed E-state index contributed by atoms with van der Waals surface area (Å²) in [6.07, 6.45) is 1.31. The minimum absolute atomic E-state index is 0.00714. The zero-order chi connectivity index (χ0) is 30.7. The van der Waals surface area contributed by atoms with E-state index in [0.29, 0.717) is 41.2 Å². The van der Waals surface area contributed by atoms with Crippen molar-refractivity contribution < 1.29 is 41.7 Å². The summed E-state index contributed by atoms with van der Waals surface area (Å²) in [5.41, 5.74) is 1.62. The molecule has 11 nitrogen and oxygen atoms in total. The maximum atomic E-state index is 13.0. The lowest BCUT2D eigenvalue weighted by Crippen LogP contribution is -2.30. The van der Waals surface area contributed by atoms with E-state index in [1.54, 1.807) is 6.92 Å². The fraction of sp³-hybridized carbons (Fsp3) is 0.367. The number of thiophene rings is 1. The van der Waals surface area contributed by atoms with Crippen LogP contribution in [0.25, 0.3) is 0 Å². The average Bonchev–Trinajstić information content (AvgIpc) is 3.33. The molecular formula is C30H32N2O9S2. The molecule has 3 aromatic rings. The summed E-state index contributed by atoms with van der Waals surface area (Å²) < 4.78 is 49.8. The van der Waals surface area contributed by atoms with Gasteiger partial charge in [-0.3, -0.25) is 9.52 Å². The molecule has 2 aromatic carbocycles. The number of hydrogen-bond acceptors (Lipinski definition) is 10. The van der Waals surface area contributed by atoms with Crippen molar-refractivity contribution in [3.8, 4) is 11.5 Å². The summed E-state index contributed by atoms with van der Waals surface area (Å²) in [5.74, 6) is -0.558. The Morgan fingerprint density at radius 2 is 1.77 bits per heavy atom. The molecule has 0 saturated heterocycles. The molecule has 2 N–H and O–H groups in total. The van der Waals surface area contributed by atoms with Crippen LogP contribution in [0.15, 0.2) is 47.4 Å². The van der Waals surface area contributed by atoms with E-state index in [1.807, 2.05) is 0 Å². The molecule has 1 aliphatic carbocycles. The van der Waals surface area contributed by atoms with E-state index in [-0.39, 0.29) is 22.8 Å². The lowest BCUT2D eigenvalue weighted by molar-refractivity contribution is -0.123. The van der Waals surface area contributed by atoms with Crippen LogP contribution in [0.1, 0.15) is 58.3 Å². The highest BCUT2D eigenvalue weighted by molar-refractivity contribution is 7.92. The Morgan fingerprint density at radius 1 is 1.05 bits per heavy atom. The monoisotopic (exact) mass is 628 g/mol. The van der Waals surface area contributed by atoms with Gasteiger partial charge in [0.05, 0.1) is 22.6 Å². The zero-order valence-electron chi connectivity index (χ0n) is 23.9. The second-order valence-corrected chi connectivity index (χ2v) is 13.1. The Morgan fingerprint density at radius 3 is 2.49 bits per heavy atom. The van der Waals surface area contributed by atoms with E-state index in [0.717, 1.165) is 29.7 Å².